The van der Waals surface area contributed by atoms with E-state index in [1.807, 2.05) is 24.3 Å². The molecule has 1 aliphatic rings. The Kier molecular flexibility index (Phi) is 10.2. The van der Waals surface area contributed by atoms with Crippen LogP contribution in [-0.2, 0) is 11.2 Å². The number of anilines is 1. The average Bonchev–Trinajstić information content (AvgIpc) is 2.91. The SMILES string of the molecule is Cl.Cl.Nc1ccccc1CCC(=O)NCCN1CCCC1. The number of likely N-dealkylation sites (tertiary alicyclic amines) is 1. The van der Waals surface area contributed by atoms with Crippen molar-refractivity contribution in [2.75, 3.05) is 31.9 Å². The Morgan fingerprint density at radius 2 is 1.86 bits per heavy atom. The van der Waals surface area contributed by atoms with Gasteiger partial charge in [-0.2, -0.15) is 0 Å². The van der Waals surface area contributed by atoms with E-state index in [1.165, 1.54) is 25.9 Å². The molecule has 0 radical (unpaired) electrons. The van der Waals surface area contributed by atoms with Crippen LogP contribution in [0.3, 0.4) is 0 Å². The van der Waals surface area contributed by atoms with Crippen LogP contribution < -0.4 is 11.1 Å². The number of para-hydroxylation sites is 1. The number of amides is 1. The van der Waals surface area contributed by atoms with Crippen molar-refractivity contribution in [3.8, 4) is 0 Å². The van der Waals surface area contributed by atoms with Gasteiger partial charge < -0.3 is 16.0 Å². The van der Waals surface area contributed by atoms with Gasteiger partial charge in [0.1, 0.15) is 0 Å². The van der Waals surface area contributed by atoms with E-state index in [4.69, 9.17) is 5.73 Å². The van der Waals surface area contributed by atoms with Crippen LogP contribution >= 0.6 is 24.8 Å². The van der Waals surface area contributed by atoms with Crippen LogP contribution in [0.25, 0.3) is 0 Å². The van der Waals surface area contributed by atoms with Crippen molar-refractivity contribution in [3.05, 3.63) is 29.8 Å². The molecule has 4 nitrogen and oxygen atoms in total. The second kappa shape index (κ2) is 10.7. The van der Waals surface area contributed by atoms with Gasteiger partial charge in [-0.3, -0.25) is 4.79 Å². The minimum absolute atomic E-state index is 0. The molecular formula is C15H25Cl2N3O. The number of nitrogens with zero attached hydrogens (tertiary/aromatic N) is 1. The molecule has 1 saturated heterocycles. The predicted molar refractivity (Wildman–Crippen MR) is 92.4 cm³/mol. The van der Waals surface area contributed by atoms with E-state index >= 15 is 0 Å². The third kappa shape index (κ3) is 7.02. The molecule has 0 atom stereocenters. The van der Waals surface area contributed by atoms with E-state index in [1.54, 1.807) is 0 Å². The fourth-order valence-electron chi connectivity index (χ4n) is 2.46. The number of benzene rings is 1. The highest BCUT2D eigenvalue weighted by molar-refractivity contribution is 5.85. The lowest BCUT2D eigenvalue weighted by molar-refractivity contribution is -0.121. The standard InChI is InChI=1S/C15H23N3O.2ClH/c16-14-6-2-1-5-13(14)7-8-15(19)17-9-12-18-10-3-4-11-18;;/h1-2,5-6H,3-4,7-12,16H2,(H,17,19);2*1H. The third-order valence-electron chi connectivity index (χ3n) is 3.63. The van der Waals surface area contributed by atoms with Crippen molar-refractivity contribution in [3.63, 3.8) is 0 Å². The van der Waals surface area contributed by atoms with Crippen molar-refractivity contribution in [1.29, 1.82) is 0 Å². The topological polar surface area (TPSA) is 58.4 Å². The molecule has 3 N–H and O–H groups in total. The number of aryl methyl sites for hydroxylation is 1. The fraction of sp³-hybridized carbons (Fsp3) is 0.533. The van der Waals surface area contributed by atoms with Gasteiger partial charge >= 0.3 is 0 Å². The van der Waals surface area contributed by atoms with E-state index in [0.29, 0.717) is 12.8 Å². The molecule has 0 spiro atoms. The van der Waals surface area contributed by atoms with Crippen molar-refractivity contribution in [2.45, 2.75) is 25.7 Å². The predicted octanol–water partition coefficient (Wildman–Crippen LogP) is 2.26. The maximum absolute atomic E-state index is 11.7. The summed E-state index contributed by atoms with van der Waals surface area (Å²) in [6.07, 6.45) is 3.80. The summed E-state index contributed by atoms with van der Waals surface area (Å²) < 4.78 is 0. The minimum atomic E-state index is 0. The maximum atomic E-state index is 11.7. The van der Waals surface area contributed by atoms with Gasteiger partial charge in [-0.1, -0.05) is 18.2 Å². The van der Waals surface area contributed by atoms with E-state index in [9.17, 15) is 4.79 Å². The minimum Gasteiger partial charge on any atom is -0.399 e. The number of halogens is 2. The molecule has 0 aromatic heterocycles. The summed E-state index contributed by atoms with van der Waals surface area (Å²) in [4.78, 5) is 14.1. The Labute approximate surface area is 139 Å². The zero-order chi connectivity index (χ0) is 13.5. The second-order valence-corrected chi connectivity index (χ2v) is 5.10. The Hall–Kier alpha value is -0.970. The van der Waals surface area contributed by atoms with Crippen molar-refractivity contribution < 1.29 is 4.79 Å². The van der Waals surface area contributed by atoms with Crippen molar-refractivity contribution in [2.24, 2.45) is 0 Å². The summed E-state index contributed by atoms with van der Waals surface area (Å²) in [6.45, 7) is 4.08. The number of rotatable bonds is 6. The Balaban J connectivity index is 0.00000200. The maximum Gasteiger partial charge on any atom is 0.220 e. The normalized spacial score (nSPS) is 14.1. The second-order valence-electron chi connectivity index (χ2n) is 5.10. The highest BCUT2D eigenvalue weighted by Gasteiger charge is 2.11. The third-order valence-corrected chi connectivity index (χ3v) is 3.63. The van der Waals surface area contributed by atoms with Gasteiger partial charge in [-0.05, 0) is 44.0 Å². The summed E-state index contributed by atoms with van der Waals surface area (Å²) >= 11 is 0. The van der Waals surface area contributed by atoms with Gasteiger partial charge in [0.2, 0.25) is 5.91 Å². The molecular weight excluding hydrogens is 309 g/mol. The van der Waals surface area contributed by atoms with Gasteiger partial charge in [0, 0.05) is 25.2 Å². The summed E-state index contributed by atoms with van der Waals surface area (Å²) in [6, 6.07) is 7.72. The number of hydrogen-bond donors (Lipinski definition) is 2. The Morgan fingerprint density at radius 1 is 1.19 bits per heavy atom. The number of hydrogen-bond acceptors (Lipinski definition) is 3. The first-order valence-corrected chi connectivity index (χ1v) is 7.08. The smallest absolute Gasteiger partial charge is 0.220 e. The number of nitrogen functional groups attached to an aromatic ring is 1. The number of carbonyl (C=O) groups excluding carboxylic acids is 1. The lowest BCUT2D eigenvalue weighted by atomic mass is 10.1. The number of nitrogens with one attached hydrogen (secondary N) is 1. The zero-order valence-electron chi connectivity index (χ0n) is 12.2. The molecule has 21 heavy (non-hydrogen) atoms. The Bertz CT molecular complexity index is 423. The van der Waals surface area contributed by atoms with E-state index in [-0.39, 0.29) is 30.7 Å². The van der Waals surface area contributed by atoms with Crippen LogP contribution in [0.5, 0.6) is 0 Å². The number of carbonyl (C=O) groups is 1. The molecule has 0 bridgehead atoms. The monoisotopic (exact) mass is 333 g/mol. The Morgan fingerprint density at radius 3 is 2.52 bits per heavy atom. The van der Waals surface area contributed by atoms with E-state index in [0.717, 1.165) is 24.3 Å². The summed E-state index contributed by atoms with van der Waals surface area (Å²) in [5, 5.41) is 2.98. The molecule has 0 unspecified atom stereocenters. The van der Waals surface area contributed by atoms with Gasteiger partial charge in [-0.15, -0.1) is 24.8 Å². The largest absolute Gasteiger partial charge is 0.399 e. The molecule has 6 heteroatoms. The van der Waals surface area contributed by atoms with Gasteiger partial charge in [0.25, 0.3) is 0 Å². The lowest BCUT2D eigenvalue weighted by Crippen LogP contribution is -2.33. The molecule has 1 heterocycles. The van der Waals surface area contributed by atoms with Crippen LogP contribution in [0, 0.1) is 0 Å². The number of nitrogens with two attached hydrogens (primary N) is 1. The quantitative estimate of drug-likeness (QED) is 0.785. The molecule has 120 valence electrons. The molecule has 2 rings (SSSR count). The van der Waals surface area contributed by atoms with Crippen LogP contribution in [0.1, 0.15) is 24.8 Å². The highest BCUT2D eigenvalue weighted by Crippen LogP contribution is 2.12. The van der Waals surface area contributed by atoms with Crippen LogP contribution in [-0.4, -0.2) is 37.0 Å². The van der Waals surface area contributed by atoms with Gasteiger partial charge in [0.15, 0.2) is 0 Å². The highest BCUT2D eigenvalue weighted by atomic mass is 35.5. The first kappa shape index (κ1) is 20.0. The van der Waals surface area contributed by atoms with Crippen molar-refractivity contribution >= 4 is 36.4 Å². The van der Waals surface area contributed by atoms with Crippen molar-refractivity contribution in [1.82, 2.24) is 10.2 Å². The molecule has 1 aromatic carbocycles. The summed E-state index contributed by atoms with van der Waals surface area (Å²) in [5.41, 5.74) is 7.67. The molecule has 1 fully saturated rings. The summed E-state index contributed by atoms with van der Waals surface area (Å²) in [5.74, 6) is 0.113. The summed E-state index contributed by atoms with van der Waals surface area (Å²) in [7, 11) is 0. The van der Waals surface area contributed by atoms with Crippen LogP contribution in [0.4, 0.5) is 5.69 Å². The van der Waals surface area contributed by atoms with Gasteiger partial charge in [-0.25, -0.2) is 0 Å². The first-order chi connectivity index (χ1) is 9.25. The first-order valence-electron chi connectivity index (χ1n) is 7.08. The molecule has 0 aliphatic carbocycles. The lowest BCUT2D eigenvalue weighted by Gasteiger charge is -2.14. The van der Waals surface area contributed by atoms with Gasteiger partial charge in [0.05, 0.1) is 0 Å². The fourth-order valence-corrected chi connectivity index (χ4v) is 2.46. The molecule has 1 aliphatic heterocycles. The molecule has 0 saturated carbocycles. The average molecular weight is 334 g/mol. The van der Waals surface area contributed by atoms with Crippen LogP contribution in [0.2, 0.25) is 0 Å². The zero-order valence-corrected chi connectivity index (χ0v) is 13.8. The van der Waals surface area contributed by atoms with E-state index < -0.39 is 0 Å². The molecule has 1 aromatic rings. The molecule has 1 amide bonds. The van der Waals surface area contributed by atoms with E-state index in [2.05, 4.69) is 10.2 Å². The van der Waals surface area contributed by atoms with Crippen LogP contribution in [0.15, 0.2) is 24.3 Å².